The van der Waals surface area contributed by atoms with Crippen LogP contribution in [0, 0.1) is 5.82 Å². The van der Waals surface area contributed by atoms with Crippen molar-refractivity contribution in [2.45, 2.75) is 6.04 Å². The average molecular weight is 299 g/mol. The van der Waals surface area contributed by atoms with Crippen molar-refractivity contribution in [2.24, 2.45) is 0 Å². The van der Waals surface area contributed by atoms with Gasteiger partial charge in [0, 0.05) is 24.1 Å². The third kappa shape index (κ3) is 3.63. The van der Waals surface area contributed by atoms with Crippen LogP contribution in [0.25, 0.3) is 0 Å². The van der Waals surface area contributed by atoms with Crippen LogP contribution in [0.15, 0.2) is 24.3 Å². The Hall–Kier alpha value is -1.76. The van der Waals surface area contributed by atoms with E-state index < -0.39 is 23.7 Å². The molecular weight excluding hydrogens is 285 g/mol. The second-order valence-electron chi connectivity index (χ2n) is 4.26. The van der Waals surface area contributed by atoms with Crippen molar-refractivity contribution >= 4 is 23.6 Å². The van der Waals surface area contributed by atoms with E-state index in [0.29, 0.717) is 18.1 Å². The summed E-state index contributed by atoms with van der Waals surface area (Å²) in [6, 6.07) is 4.65. The number of aliphatic carboxylic acids is 1. The molecule has 5 nitrogen and oxygen atoms in total. The third-order valence-corrected chi connectivity index (χ3v) is 3.91. The van der Waals surface area contributed by atoms with E-state index in [4.69, 9.17) is 9.84 Å². The second-order valence-corrected chi connectivity index (χ2v) is 5.41. The number of carboxylic acids is 1. The van der Waals surface area contributed by atoms with Crippen molar-refractivity contribution in [3.8, 4) is 5.75 Å². The Morgan fingerprint density at radius 3 is 3.00 bits per heavy atom. The predicted molar refractivity (Wildman–Crippen MR) is 72.4 cm³/mol. The van der Waals surface area contributed by atoms with Gasteiger partial charge in [-0.1, -0.05) is 6.07 Å². The number of rotatable bonds is 4. The van der Waals surface area contributed by atoms with Gasteiger partial charge in [-0.15, -0.1) is 0 Å². The number of carboxylic acid groups (broad SMARTS) is 1. The van der Waals surface area contributed by atoms with Gasteiger partial charge in [0.05, 0.1) is 0 Å². The normalized spacial score (nSPS) is 18.6. The Kier molecular flexibility index (Phi) is 4.84. The fourth-order valence-corrected chi connectivity index (χ4v) is 2.93. The fraction of sp³-hybridized carbons (Fsp3) is 0.385. The largest absolute Gasteiger partial charge is 0.484 e. The number of halogens is 1. The molecule has 0 aromatic heterocycles. The maximum atomic E-state index is 13.0. The topological polar surface area (TPSA) is 66.8 Å². The first-order chi connectivity index (χ1) is 9.58. The predicted octanol–water partition coefficient (Wildman–Crippen LogP) is 1.23. The Morgan fingerprint density at radius 1 is 1.50 bits per heavy atom. The Morgan fingerprint density at radius 2 is 2.30 bits per heavy atom. The van der Waals surface area contributed by atoms with Gasteiger partial charge in [0.2, 0.25) is 0 Å². The van der Waals surface area contributed by atoms with Gasteiger partial charge in [-0.3, -0.25) is 4.79 Å². The minimum Gasteiger partial charge on any atom is -0.484 e. The first-order valence-corrected chi connectivity index (χ1v) is 7.22. The molecule has 1 aliphatic heterocycles. The molecule has 0 saturated carbocycles. The summed E-state index contributed by atoms with van der Waals surface area (Å²) in [6.07, 6.45) is 0. The smallest absolute Gasteiger partial charge is 0.327 e. The zero-order chi connectivity index (χ0) is 14.5. The summed E-state index contributed by atoms with van der Waals surface area (Å²) in [7, 11) is 0. The van der Waals surface area contributed by atoms with E-state index in [2.05, 4.69) is 0 Å². The SMILES string of the molecule is O=C(O)C1CSCCN1C(=O)COc1cccc(F)c1. The lowest BCUT2D eigenvalue weighted by molar-refractivity contribution is -0.150. The molecule has 1 aliphatic rings. The van der Waals surface area contributed by atoms with Gasteiger partial charge in [0.15, 0.2) is 6.61 Å². The lowest BCUT2D eigenvalue weighted by Gasteiger charge is -2.32. The van der Waals surface area contributed by atoms with Crippen molar-refractivity contribution in [3.05, 3.63) is 30.1 Å². The number of carbonyl (C=O) groups is 2. The molecule has 0 spiro atoms. The molecule has 0 aliphatic carbocycles. The molecule has 20 heavy (non-hydrogen) atoms. The summed E-state index contributed by atoms with van der Waals surface area (Å²) in [5.74, 6) is -0.543. The van der Waals surface area contributed by atoms with Crippen LogP contribution in [-0.2, 0) is 9.59 Å². The van der Waals surface area contributed by atoms with E-state index >= 15 is 0 Å². The van der Waals surface area contributed by atoms with Gasteiger partial charge >= 0.3 is 5.97 Å². The van der Waals surface area contributed by atoms with Gasteiger partial charge in [0.25, 0.3) is 5.91 Å². The molecule has 0 radical (unpaired) electrons. The van der Waals surface area contributed by atoms with Crippen LogP contribution >= 0.6 is 11.8 Å². The summed E-state index contributed by atoms with van der Waals surface area (Å²) in [5.41, 5.74) is 0. The minimum absolute atomic E-state index is 0.247. The molecule has 108 valence electrons. The van der Waals surface area contributed by atoms with Crippen LogP contribution in [0.2, 0.25) is 0 Å². The standard InChI is InChI=1S/C13H14FNO4S/c14-9-2-1-3-10(6-9)19-7-12(16)15-4-5-20-8-11(15)13(17)18/h1-3,6,11H,4-5,7-8H2,(H,17,18). The molecule has 1 atom stereocenters. The molecule has 1 aromatic carbocycles. The van der Waals surface area contributed by atoms with Gasteiger partial charge in [-0.05, 0) is 12.1 Å². The summed E-state index contributed by atoms with van der Waals surface area (Å²) in [5, 5.41) is 9.08. The van der Waals surface area contributed by atoms with Crippen LogP contribution in [0.3, 0.4) is 0 Å². The van der Waals surface area contributed by atoms with Crippen molar-refractivity contribution < 1.29 is 23.8 Å². The molecular formula is C13H14FNO4S. The van der Waals surface area contributed by atoms with E-state index in [1.807, 2.05) is 0 Å². The van der Waals surface area contributed by atoms with E-state index in [9.17, 15) is 14.0 Å². The highest BCUT2D eigenvalue weighted by Gasteiger charge is 2.32. The highest BCUT2D eigenvalue weighted by molar-refractivity contribution is 7.99. The summed E-state index contributed by atoms with van der Waals surface area (Å²) < 4.78 is 18.2. The molecule has 1 saturated heterocycles. The lowest BCUT2D eigenvalue weighted by Crippen LogP contribution is -2.51. The van der Waals surface area contributed by atoms with Crippen LogP contribution in [0.4, 0.5) is 4.39 Å². The van der Waals surface area contributed by atoms with Crippen LogP contribution < -0.4 is 4.74 Å². The van der Waals surface area contributed by atoms with Gasteiger partial charge in [-0.25, -0.2) is 9.18 Å². The third-order valence-electron chi connectivity index (χ3n) is 2.89. The quantitative estimate of drug-likeness (QED) is 0.906. The monoisotopic (exact) mass is 299 g/mol. The van der Waals surface area contributed by atoms with Gasteiger partial charge in [-0.2, -0.15) is 11.8 Å². The van der Waals surface area contributed by atoms with E-state index in [-0.39, 0.29) is 12.4 Å². The lowest BCUT2D eigenvalue weighted by atomic mass is 10.2. The number of benzene rings is 1. The summed E-state index contributed by atoms with van der Waals surface area (Å²) in [6.45, 7) is 0.0882. The maximum absolute atomic E-state index is 13.0. The van der Waals surface area contributed by atoms with Crippen molar-refractivity contribution in [1.82, 2.24) is 4.90 Å². The second kappa shape index (κ2) is 6.60. The minimum atomic E-state index is -1.02. The molecule has 1 aromatic rings. The van der Waals surface area contributed by atoms with Crippen molar-refractivity contribution in [1.29, 1.82) is 0 Å². The van der Waals surface area contributed by atoms with Crippen molar-refractivity contribution in [3.63, 3.8) is 0 Å². The Bertz CT molecular complexity index is 511. The Balaban J connectivity index is 1.95. The molecule has 1 unspecified atom stereocenters. The number of hydrogen-bond acceptors (Lipinski definition) is 4. The molecule has 0 bridgehead atoms. The Labute approximate surface area is 119 Å². The van der Waals surface area contributed by atoms with Crippen LogP contribution in [0.5, 0.6) is 5.75 Å². The number of amides is 1. The average Bonchev–Trinajstić information content (AvgIpc) is 2.45. The highest BCUT2D eigenvalue weighted by Crippen LogP contribution is 2.18. The summed E-state index contributed by atoms with van der Waals surface area (Å²) in [4.78, 5) is 24.4. The number of carbonyl (C=O) groups excluding carboxylic acids is 1. The molecule has 1 amide bonds. The van der Waals surface area contributed by atoms with Gasteiger partial charge in [0.1, 0.15) is 17.6 Å². The van der Waals surface area contributed by atoms with Crippen molar-refractivity contribution in [2.75, 3.05) is 24.7 Å². The maximum Gasteiger partial charge on any atom is 0.327 e. The first kappa shape index (κ1) is 14.6. The van der Waals surface area contributed by atoms with E-state index in [1.165, 1.54) is 40.9 Å². The summed E-state index contributed by atoms with van der Waals surface area (Å²) >= 11 is 1.50. The first-order valence-electron chi connectivity index (χ1n) is 6.06. The van der Waals surface area contributed by atoms with Crippen LogP contribution in [0.1, 0.15) is 0 Å². The number of hydrogen-bond donors (Lipinski definition) is 1. The van der Waals surface area contributed by atoms with Gasteiger partial charge < -0.3 is 14.7 Å². The number of nitrogens with zero attached hydrogens (tertiary/aromatic N) is 1. The zero-order valence-electron chi connectivity index (χ0n) is 10.6. The molecule has 1 N–H and O–H groups in total. The van der Waals surface area contributed by atoms with E-state index in [0.717, 1.165) is 0 Å². The molecule has 7 heteroatoms. The number of ether oxygens (including phenoxy) is 1. The fourth-order valence-electron chi connectivity index (χ4n) is 1.89. The zero-order valence-corrected chi connectivity index (χ0v) is 11.4. The highest BCUT2D eigenvalue weighted by atomic mass is 32.2. The number of thioether (sulfide) groups is 1. The van der Waals surface area contributed by atoms with Crippen LogP contribution in [-0.4, -0.2) is 52.6 Å². The molecule has 1 fully saturated rings. The van der Waals surface area contributed by atoms with E-state index in [1.54, 1.807) is 0 Å². The molecule has 2 rings (SSSR count). The molecule has 1 heterocycles.